The number of fused-ring (bicyclic) bond motifs is 1. The molecule has 3 rings (SSSR count). The molecule has 0 amide bonds. The molecule has 104 valence electrons. The third-order valence-corrected chi connectivity index (χ3v) is 4.04. The molecule has 0 bridgehead atoms. The Morgan fingerprint density at radius 2 is 1.52 bits per heavy atom. The summed E-state index contributed by atoms with van der Waals surface area (Å²) in [5.74, 6) is -0.925. The van der Waals surface area contributed by atoms with E-state index in [9.17, 15) is 9.59 Å². The third kappa shape index (κ3) is 2.43. The van der Waals surface area contributed by atoms with Gasteiger partial charge in [0.1, 0.15) is 0 Å². The fourth-order valence-corrected chi connectivity index (χ4v) is 2.65. The van der Waals surface area contributed by atoms with Gasteiger partial charge in [-0.05, 0) is 24.3 Å². The molecule has 0 heterocycles. The van der Waals surface area contributed by atoms with Crippen molar-refractivity contribution in [1.29, 1.82) is 0 Å². The maximum absolute atomic E-state index is 11.9. The van der Waals surface area contributed by atoms with Crippen LogP contribution in [0.25, 0.3) is 5.70 Å². The van der Waals surface area contributed by atoms with Gasteiger partial charge in [0.25, 0.3) is 0 Å². The number of nitrogens with zero attached hydrogens (tertiary/aromatic N) is 1. The van der Waals surface area contributed by atoms with Crippen LogP contribution < -0.4 is 4.90 Å². The molecule has 2 aromatic carbocycles. The summed E-state index contributed by atoms with van der Waals surface area (Å²) in [6.07, 6.45) is 1.41. The number of anilines is 1. The summed E-state index contributed by atoms with van der Waals surface area (Å²) < 4.78 is 0.990. The minimum absolute atomic E-state index is 0.446. The Labute approximate surface area is 131 Å². The molecule has 0 N–H and O–H groups in total. The molecule has 0 aliphatic heterocycles. The number of carbonyl (C=O) groups excluding carboxylic acids is 2. The molecule has 0 saturated heterocycles. The van der Waals surface area contributed by atoms with Crippen molar-refractivity contribution in [3.8, 4) is 0 Å². The second kappa shape index (κ2) is 5.30. The molecule has 0 unspecified atom stereocenters. The summed E-state index contributed by atoms with van der Waals surface area (Å²) in [6.45, 7) is 0. The topological polar surface area (TPSA) is 37.4 Å². The molecule has 0 spiro atoms. The highest BCUT2D eigenvalue weighted by Gasteiger charge is 2.27. The number of Topliss-reactive ketones (excluding diaryl/α,β-unsaturated/α-hetero) is 1. The molecule has 1 aliphatic rings. The summed E-state index contributed by atoms with van der Waals surface area (Å²) in [5, 5.41) is 0. The minimum atomic E-state index is -0.479. The van der Waals surface area contributed by atoms with Crippen LogP contribution in [0.2, 0.25) is 0 Å². The lowest BCUT2D eigenvalue weighted by Gasteiger charge is -2.26. The van der Waals surface area contributed by atoms with Crippen LogP contribution in [0.15, 0.2) is 59.1 Å². The fraction of sp³-hybridized carbons (Fsp3) is 0.0588. The van der Waals surface area contributed by atoms with Crippen molar-refractivity contribution in [2.45, 2.75) is 0 Å². The van der Waals surface area contributed by atoms with E-state index in [1.165, 1.54) is 6.08 Å². The van der Waals surface area contributed by atoms with Crippen LogP contribution in [0.1, 0.15) is 15.9 Å². The lowest BCUT2D eigenvalue weighted by Crippen LogP contribution is -2.25. The molecular weight excluding hydrogens is 330 g/mol. The lowest BCUT2D eigenvalue weighted by atomic mass is 9.92. The quantitative estimate of drug-likeness (QED) is 0.781. The number of halogens is 1. The number of rotatable bonds is 2. The number of allylic oxidation sites excluding steroid dienone is 1. The Bertz CT molecular complexity index is 763. The van der Waals surface area contributed by atoms with Gasteiger partial charge >= 0.3 is 0 Å². The van der Waals surface area contributed by atoms with E-state index in [2.05, 4.69) is 15.9 Å². The Balaban J connectivity index is 2.09. The van der Waals surface area contributed by atoms with Crippen molar-refractivity contribution in [2.24, 2.45) is 0 Å². The molecule has 3 nitrogen and oxygen atoms in total. The number of hydrogen-bond acceptors (Lipinski definition) is 3. The summed E-state index contributed by atoms with van der Waals surface area (Å²) in [5.41, 5.74) is 2.93. The van der Waals surface area contributed by atoms with E-state index >= 15 is 0 Å². The molecule has 0 aromatic heterocycles. The first-order chi connectivity index (χ1) is 10.1. The van der Waals surface area contributed by atoms with E-state index < -0.39 is 11.6 Å². The normalized spacial score (nSPS) is 13.7. The van der Waals surface area contributed by atoms with Gasteiger partial charge in [-0.3, -0.25) is 9.59 Å². The first-order valence-electron chi connectivity index (χ1n) is 6.47. The molecule has 1 aliphatic carbocycles. The van der Waals surface area contributed by atoms with Crippen molar-refractivity contribution < 1.29 is 9.59 Å². The molecular formula is C17H12BrNO2. The van der Waals surface area contributed by atoms with E-state index in [1.54, 1.807) is 12.1 Å². The van der Waals surface area contributed by atoms with Gasteiger partial charge in [0.05, 0.1) is 5.70 Å². The molecule has 0 saturated carbocycles. The second-order valence-electron chi connectivity index (χ2n) is 4.80. The lowest BCUT2D eigenvalue weighted by molar-refractivity contribution is -0.111. The summed E-state index contributed by atoms with van der Waals surface area (Å²) in [7, 11) is 1.88. The highest BCUT2D eigenvalue weighted by Crippen LogP contribution is 2.31. The monoisotopic (exact) mass is 341 g/mol. The van der Waals surface area contributed by atoms with Crippen molar-refractivity contribution in [3.63, 3.8) is 0 Å². The zero-order valence-corrected chi connectivity index (χ0v) is 12.9. The number of carbonyl (C=O) groups is 2. The SMILES string of the molecule is CN(C1=CC(=O)C(=O)c2ccccc21)c1ccc(Br)cc1. The smallest absolute Gasteiger partial charge is 0.233 e. The van der Waals surface area contributed by atoms with E-state index in [4.69, 9.17) is 0 Å². The second-order valence-corrected chi connectivity index (χ2v) is 5.72. The Morgan fingerprint density at radius 3 is 2.19 bits per heavy atom. The number of ketones is 2. The molecule has 21 heavy (non-hydrogen) atoms. The largest absolute Gasteiger partial charge is 0.344 e. The molecule has 0 atom stereocenters. The summed E-state index contributed by atoms with van der Waals surface area (Å²) in [4.78, 5) is 25.8. The number of hydrogen-bond donors (Lipinski definition) is 0. The standard InChI is InChI=1S/C17H12BrNO2/c1-19(12-8-6-11(18)7-9-12)15-10-16(20)17(21)14-5-3-2-4-13(14)15/h2-10H,1H3. The van der Waals surface area contributed by atoms with Crippen molar-refractivity contribution >= 4 is 38.9 Å². The molecule has 0 fully saturated rings. The fourth-order valence-electron chi connectivity index (χ4n) is 2.39. The highest BCUT2D eigenvalue weighted by molar-refractivity contribution is 9.10. The van der Waals surface area contributed by atoms with Crippen LogP contribution in [0.3, 0.4) is 0 Å². The van der Waals surface area contributed by atoms with Gasteiger partial charge in [-0.25, -0.2) is 0 Å². The van der Waals surface area contributed by atoms with Crippen molar-refractivity contribution in [2.75, 3.05) is 11.9 Å². The van der Waals surface area contributed by atoms with Crippen LogP contribution in [-0.2, 0) is 4.79 Å². The molecule has 0 radical (unpaired) electrons. The van der Waals surface area contributed by atoms with Gasteiger partial charge in [-0.15, -0.1) is 0 Å². The average Bonchev–Trinajstić information content (AvgIpc) is 2.51. The maximum Gasteiger partial charge on any atom is 0.233 e. The van der Waals surface area contributed by atoms with E-state index in [-0.39, 0.29) is 0 Å². The van der Waals surface area contributed by atoms with Crippen LogP contribution in [0, 0.1) is 0 Å². The van der Waals surface area contributed by atoms with Gasteiger partial charge in [0.2, 0.25) is 11.6 Å². The van der Waals surface area contributed by atoms with Gasteiger partial charge in [0.15, 0.2) is 0 Å². The highest BCUT2D eigenvalue weighted by atomic mass is 79.9. The van der Waals surface area contributed by atoms with Gasteiger partial charge in [-0.2, -0.15) is 0 Å². The zero-order chi connectivity index (χ0) is 15.0. The van der Waals surface area contributed by atoms with Crippen molar-refractivity contribution in [3.05, 3.63) is 70.2 Å². The van der Waals surface area contributed by atoms with Crippen LogP contribution in [0.5, 0.6) is 0 Å². The Kier molecular flexibility index (Phi) is 3.47. The van der Waals surface area contributed by atoms with E-state index in [1.807, 2.05) is 48.3 Å². The molecule has 2 aromatic rings. The Morgan fingerprint density at radius 1 is 0.905 bits per heavy atom. The number of benzene rings is 2. The van der Waals surface area contributed by atoms with Crippen LogP contribution >= 0.6 is 15.9 Å². The molecule has 4 heteroatoms. The van der Waals surface area contributed by atoms with E-state index in [0.717, 1.165) is 21.4 Å². The average molecular weight is 342 g/mol. The Hall–Kier alpha value is -2.20. The van der Waals surface area contributed by atoms with Gasteiger partial charge in [-0.1, -0.05) is 40.2 Å². The first-order valence-corrected chi connectivity index (χ1v) is 7.26. The minimum Gasteiger partial charge on any atom is -0.344 e. The predicted molar refractivity (Wildman–Crippen MR) is 86.3 cm³/mol. The maximum atomic E-state index is 11.9. The summed E-state index contributed by atoms with van der Waals surface area (Å²) in [6, 6.07) is 15.0. The zero-order valence-electron chi connectivity index (χ0n) is 11.3. The first kappa shape index (κ1) is 13.8. The van der Waals surface area contributed by atoms with Gasteiger partial charge < -0.3 is 4.90 Å². The summed E-state index contributed by atoms with van der Waals surface area (Å²) >= 11 is 3.40. The predicted octanol–water partition coefficient (Wildman–Crippen LogP) is 3.69. The van der Waals surface area contributed by atoms with Crippen LogP contribution in [-0.4, -0.2) is 18.6 Å². The van der Waals surface area contributed by atoms with Crippen molar-refractivity contribution in [1.82, 2.24) is 0 Å². The third-order valence-electron chi connectivity index (χ3n) is 3.51. The van der Waals surface area contributed by atoms with Crippen LogP contribution in [0.4, 0.5) is 5.69 Å². The van der Waals surface area contributed by atoms with Gasteiger partial charge in [0, 0.05) is 34.4 Å². The van der Waals surface area contributed by atoms with E-state index in [0.29, 0.717) is 5.56 Å².